The molecule has 1 aliphatic heterocycles. The lowest BCUT2D eigenvalue weighted by molar-refractivity contribution is 0.179. The minimum absolute atomic E-state index is 0.535. The molecule has 4 heteroatoms. The Morgan fingerprint density at radius 3 is 2.44 bits per heavy atom. The molecule has 1 saturated heterocycles. The summed E-state index contributed by atoms with van der Waals surface area (Å²) in [6.07, 6.45) is 9.56. The van der Waals surface area contributed by atoms with E-state index < -0.39 is 0 Å². The summed E-state index contributed by atoms with van der Waals surface area (Å²) in [5, 5.41) is 0. The number of imidazole rings is 1. The highest BCUT2D eigenvalue weighted by atomic mass is 15.2. The molecule has 3 aromatic rings. The number of rotatable bonds is 4. The predicted octanol–water partition coefficient (Wildman–Crippen LogP) is 4.93. The van der Waals surface area contributed by atoms with Crippen LogP contribution in [-0.4, -0.2) is 32.5 Å². The lowest BCUT2D eigenvalue weighted by Gasteiger charge is -2.34. The maximum Gasteiger partial charge on any atom is 0.160 e. The van der Waals surface area contributed by atoms with Crippen molar-refractivity contribution in [1.29, 1.82) is 0 Å². The summed E-state index contributed by atoms with van der Waals surface area (Å²) in [4.78, 5) is 12.4. The van der Waals surface area contributed by atoms with Gasteiger partial charge in [-0.25, -0.2) is 9.97 Å². The molecule has 0 N–H and O–H groups in total. The molecule has 3 heterocycles. The van der Waals surface area contributed by atoms with Crippen LogP contribution in [0.5, 0.6) is 0 Å². The summed E-state index contributed by atoms with van der Waals surface area (Å²) in [5.41, 5.74) is 3.59. The minimum atomic E-state index is 0.535. The first kappa shape index (κ1) is 16.9. The molecule has 4 nitrogen and oxygen atoms in total. The van der Waals surface area contributed by atoms with Crippen LogP contribution in [-0.2, 0) is 6.54 Å². The number of hydrogen-bond acceptors (Lipinski definition) is 3. The van der Waals surface area contributed by atoms with Gasteiger partial charge in [-0.05, 0) is 43.4 Å². The molecule has 0 spiro atoms. The lowest BCUT2D eigenvalue weighted by atomic mass is 10.0. The fraction of sp³-hybridized carbons (Fsp3) is 0.478. The zero-order valence-corrected chi connectivity index (χ0v) is 15.9. The van der Waals surface area contributed by atoms with Crippen LogP contribution in [0.4, 0.5) is 0 Å². The van der Waals surface area contributed by atoms with E-state index in [1.54, 1.807) is 0 Å². The second kappa shape index (κ2) is 7.43. The Hall–Kier alpha value is -2.20. The third-order valence-electron chi connectivity index (χ3n) is 6.37. The molecule has 1 aliphatic carbocycles. The Bertz CT molecular complexity index is 887. The van der Waals surface area contributed by atoms with Crippen molar-refractivity contribution in [3.05, 3.63) is 60.0 Å². The molecule has 0 bridgehead atoms. The van der Waals surface area contributed by atoms with Crippen LogP contribution in [0, 0.1) is 0 Å². The fourth-order valence-electron chi connectivity index (χ4n) is 4.96. The van der Waals surface area contributed by atoms with E-state index in [0.29, 0.717) is 12.0 Å². The summed E-state index contributed by atoms with van der Waals surface area (Å²) < 4.78 is 2.52. The van der Waals surface area contributed by atoms with Crippen LogP contribution in [0.3, 0.4) is 0 Å². The highest BCUT2D eigenvalue weighted by Crippen LogP contribution is 2.38. The number of likely N-dealkylation sites (tertiary alicyclic amines) is 1. The monoisotopic (exact) mass is 360 g/mol. The zero-order chi connectivity index (χ0) is 18.1. The van der Waals surface area contributed by atoms with Crippen molar-refractivity contribution >= 4 is 11.2 Å². The predicted molar refractivity (Wildman–Crippen MR) is 109 cm³/mol. The molecule has 27 heavy (non-hydrogen) atoms. The highest BCUT2D eigenvalue weighted by molar-refractivity contribution is 5.71. The molecule has 1 aromatic carbocycles. The third kappa shape index (κ3) is 3.39. The number of fused-ring (bicyclic) bond motifs is 1. The van der Waals surface area contributed by atoms with Gasteiger partial charge in [0, 0.05) is 37.8 Å². The van der Waals surface area contributed by atoms with Gasteiger partial charge < -0.3 is 4.57 Å². The quantitative estimate of drug-likeness (QED) is 0.662. The van der Waals surface area contributed by atoms with Crippen molar-refractivity contribution in [3.8, 4) is 0 Å². The molecule has 1 saturated carbocycles. The Morgan fingerprint density at radius 2 is 1.67 bits per heavy atom. The molecule has 0 amide bonds. The van der Waals surface area contributed by atoms with E-state index in [9.17, 15) is 0 Å². The van der Waals surface area contributed by atoms with E-state index in [0.717, 1.165) is 30.8 Å². The molecular formula is C23H28N4. The molecule has 2 fully saturated rings. The average Bonchev–Trinajstić information content (AvgIpc) is 3.37. The summed E-state index contributed by atoms with van der Waals surface area (Å²) in [6, 6.07) is 15.5. The Balaban J connectivity index is 1.37. The number of aromatic nitrogens is 3. The number of pyridine rings is 1. The minimum Gasteiger partial charge on any atom is -0.309 e. The van der Waals surface area contributed by atoms with E-state index >= 15 is 0 Å². The van der Waals surface area contributed by atoms with E-state index in [1.807, 2.05) is 12.3 Å². The first-order valence-corrected chi connectivity index (χ1v) is 10.5. The van der Waals surface area contributed by atoms with Gasteiger partial charge in [0.05, 0.1) is 0 Å². The summed E-state index contributed by atoms with van der Waals surface area (Å²) in [7, 11) is 0. The van der Waals surface area contributed by atoms with Crippen LogP contribution >= 0.6 is 0 Å². The second-order valence-electron chi connectivity index (χ2n) is 8.16. The van der Waals surface area contributed by atoms with Gasteiger partial charge >= 0.3 is 0 Å². The Labute approximate surface area is 161 Å². The number of benzene rings is 1. The Kier molecular flexibility index (Phi) is 4.66. The third-order valence-corrected chi connectivity index (χ3v) is 6.37. The molecule has 5 rings (SSSR count). The number of hydrogen-bond donors (Lipinski definition) is 0. The van der Waals surface area contributed by atoms with Crippen molar-refractivity contribution in [2.45, 2.75) is 57.0 Å². The van der Waals surface area contributed by atoms with E-state index in [4.69, 9.17) is 9.97 Å². The van der Waals surface area contributed by atoms with Gasteiger partial charge in [-0.1, -0.05) is 43.2 Å². The summed E-state index contributed by atoms with van der Waals surface area (Å²) >= 11 is 0. The number of piperidine rings is 1. The van der Waals surface area contributed by atoms with Crippen LogP contribution < -0.4 is 0 Å². The normalized spacial score (nSPS) is 19.9. The van der Waals surface area contributed by atoms with Gasteiger partial charge in [0.1, 0.15) is 11.3 Å². The average molecular weight is 361 g/mol. The lowest BCUT2D eigenvalue weighted by Crippen LogP contribution is -2.34. The standard InChI is InChI=1S/C23H28N4/c1-2-7-18(8-3-1)17-26-15-12-20(13-16-26)27-22(19-9-4-5-10-19)25-21-11-6-14-24-23(21)27/h1-3,6-8,11,14,19-20H,4-5,9-10,12-13,15-17H2. The first-order chi connectivity index (χ1) is 13.4. The topological polar surface area (TPSA) is 34.0 Å². The van der Waals surface area contributed by atoms with E-state index in [2.05, 4.69) is 45.9 Å². The summed E-state index contributed by atoms with van der Waals surface area (Å²) in [6.45, 7) is 3.36. The van der Waals surface area contributed by atoms with Crippen LogP contribution in [0.25, 0.3) is 11.2 Å². The van der Waals surface area contributed by atoms with Gasteiger partial charge in [0.15, 0.2) is 5.65 Å². The molecule has 140 valence electrons. The van der Waals surface area contributed by atoms with Gasteiger partial charge in [-0.3, -0.25) is 4.90 Å². The molecule has 2 aliphatic rings. The maximum absolute atomic E-state index is 5.04. The van der Waals surface area contributed by atoms with E-state index in [1.165, 1.54) is 49.9 Å². The zero-order valence-electron chi connectivity index (χ0n) is 15.9. The van der Waals surface area contributed by atoms with Gasteiger partial charge in [-0.2, -0.15) is 0 Å². The fourth-order valence-corrected chi connectivity index (χ4v) is 4.96. The summed E-state index contributed by atoms with van der Waals surface area (Å²) in [5.74, 6) is 1.93. The Morgan fingerprint density at radius 1 is 0.889 bits per heavy atom. The maximum atomic E-state index is 5.04. The van der Waals surface area contributed by atoms with Crippen LogP contribution in [0.15, 0.2) is 48.7 Å². The second-order valence-corrected chi connectivity index (χ2v) is 8.16. The molecule has 0 unspecified atom stereocenters. The van der Waals surface area contributed by atoms with Gasteiger partial charge in [0.25, 0.3) is 0 Å². The molecular weight excluding hydrogens is 332 g/mol. The molecule has 0 radical (unpaired) electrons. The molecule has 0 atom stereocenters. The van der Waals surface area contributed by atoms with Crippen molar-refractivity contribution < 1.29 is 0 Å². The van der Waals surface area contributed by atoms with Crippen molar-refractivity contribution in [1.82, 2.24) is 19.4 Å². The van der Waals surface area contributed by atoms with Crippen LogP contribution in [0.2, 0.25) is 0 Å². The van der Waals surface area contributed by atoms with Crippen LogP contribution in [0.1, 0.15) is 61.9 Å². The largest absolute Gasteiger partial charge is 0.309 e. The smallest absolute Gasteiger partial charge is 0.160 e. The molecule has 2 aromatic heterocycles. The van der Waals surface area contributed by atoms with Crippen molar-refractivity contribution in [2.75, 3.05) is 13.1 Å². The van der Waals surface area contributed by atoms with Gasteiger partial charge in [-0.15, -0.1) is 0 Å². The number of nitrogens with zero attached hydrogens (tertiary/aromatic N) is 4. The SMILES string of the molecule is c1ccc(CN2CCC(n3c(C4CCCC4)nc4cccnc43)CC2)cc1. The highest BCUT2D eigenvalue weighted by Gasteiger charge is 2.29. The van der Waals surface area contributed by atoms with Crippen molar-refractivity contribution in [2.24, 2.45) is 0 Å². The van der Waals surface area contributed by atoms with E-state index in [-0.39, 0.29) is 0 Å². The van der Waals surface area contributed by atoms with Crippen molar-refractivity contribution in [3.63, 3.8) is 0 Å². The first-order valence-electron chi connectivity index (χ1n) is 10.5. The van der Waals surface area contributed by atoms with Gasteiger partial charge in [0.2, 0.25) is 0 Å².